The highest BCUT2D eigenvalue weighted by Crippen LogP contribution is 2.42. The highest BCUT2D eigenvalue weighted by Gasteiger charge is 2.51. The van der Waals surface area contributed by atoms with Gasteiger partial charge < -0.3 is 15.9 Å². The van der Waals surface area contributed by atoms with Crippen LogP contribution in [0.5, 0.6) is 0 Å². The fraction of sp³-hybridized carbons (Fsp3) is 0.556. The summed E-state index contributed by atoms with van der Waals surface area (Å²) in [6.45, 7) is -0.565. The van der Waals surface area contributed by atoms with Gasteiger partial charge in [0.25, 0.3) is 0 Å². The number of nitrogen functional groups attached to an aromatic ring is 1. The summed E-state index contributed by atoms with van der Waals surface area (Å²) in [5.41, 5.74) is 4.62. The van der Waals surface area contributed by atoms with E-state index in [1.54, 1.807) is 0 Å². The van der Waals surface area contributed by atoms with Crippen LogP contribution in [0, 0.1) is 0 Å². The Kier molecular flexibility index (Phi) is 3.11. The zero-order valence-corrected chi connectivity index (χ0v) is 9.60. The van der Waals surface area contributed by atoms with E-state index in [0.29, 0.717) is 0 Å². The van der Waals surface area contributed by atoms with Crippen molar-refractivity contribution in [3.05, 3.63) is 22.7 Å². The van der Waals surface area contributed by atoms with E-state index < -0.39 is 29.4 Å². The van der Waals surface area contributed by atoms with Gasteiger partial charge >= 0.3 is 5.69 Å². The lowest BCUT2D eigenvalue weighted by Crippen LogP contribution is -2.50. The van der Waals surface area contributed by atoms with E-state index in [1.807, 2.05) is 0 Å². The number of anilines is 1. The van der Waals surface area contributed by atoms with Crippen LogP contribution < -0.4 is 11.4 Å². The summed E-state index contributed by atoms with van der Waals surface area (Å²) < 4.78 is 14.4. The van der Waals surface area contributed by atoms with Gasteiger partial charge in [-0.3, -0.25) is 4.57 Å². The maximum Gasteiger partial charge on any atom is 0.350 e. The molecule has 1 aromatic heterocycles. The van der Waals surface area contributed by atoms with E-state index in [4.69, 9.17) is 5.73 Å². The number of rotatable bonds is 2. The number of aliphatic hydroxyl groups excluding tert-OH is 2. The zero-order valence-electron chi connectivity index (χ0n) is 8.78. The second-order valence-corrected chi connectivity index (χ2v) is 5.11. The lowest BCUT2D eigenvalue weighted by atomic mass is 10.1. The molecule has 1 aliphatic heterocycles. The number of thioether (sulfide) groups is 1. The highest BCUT2D eigenvalue weighted by molar-refractivity contribution is 8.00. The summed E-state index contributed by atoms with van der Waals surface area (Å²) in [6.07, 6.45) is -1.65. The predicted molar refractivity (Wildman–Crippen MR) is 61.3 cm³/mol. The summed E-state index contributed by atoms with van der Waals surface area (Å²) in [5.74, 6) is 0.0482. The number of halogens is 1. The Morgan fingerprint density at radius 2 is 2.47 bits per heavy atom. The van der Waals surface area contributed by atoms with Crippen molar-refractivity contribution in [1.29, 1.82) is 0 Å². The van der Waals surface area contributed by atoms with E-state index in [0.717, 1.165) is 16.3 Å². The molecule has 2 heterocycles. The van der Waals surface area contributed by atoms with Gasteiger partial charge in [0.15, 0.2) is 0 Å². The van der Waals surface area contributed by atoms with Gasteiger partial charge in [-0.1, -0.05) is 0 Å². The topological polar surface area (TPSA) is 101 Å². The maximum absolute atomic E-state index is 13.4. The first-order valence-electron chi connectivity index (χ1n) is 4.94. The van der Waals surface area contributed by atoms with Gasteiger partial charge in [0.05, 0.1) is 6.61 Å². The van der Waals surface area contributed by atoms with E-state index in [9.17, 15) is 19.4 Å². The van der Waals surface area contributed by atoms with E-state index in [2.05, 4.69) is 4.98 Å². The molecule has 17 heavy (non-hydrogen) atoms. The molecule has 0 aromatic carbocycles. The van der Waals surface area contributed by atoms with Crippen LogP contribution in [0.15, 0.2) is 17.1 Å². The van der Waals surface area contributed by atoms with Crippen molar-refractivity contribution >= 4 is 17.6 Å². The third-order valence-electron chi connectivity index (χ3n) is 2.76. The highest BCUT2D eigenvalue weighted by atomic mass is 32.2. The molecule has 0 saturated carbocycles. The predicted octanol–water partition coefficient (Wildman–Crippen LogP) is -1.08. The van der Waals surface area contributed by atoms with Crippen molar-refractivity contribution in [2.24, 2.45) is 0 Å². The minimum Gasteiger partial charge on any atom is -0.393 e. The molecule has 0 aliphatic carbocycles. The van der Waals surface area contributed by atoms with Gasteiger partial charge in [0.2, 0.25) is 0 Å². The maximum atomic E-state index is 13.4. The molecule has 0 bridgehead atoms. The molecule has 94 valence electrons. The molecule has 6 nitrogen and oxygen atoms in total. The van der Waals surface area contributed by atoms with Crippen LogP contribution >= 0.6 is 11.8 Å². The van der Waals surface area contributed by atoms with Crippen LogP contribution in [0.4, 0.5) is 10.2 Å². The molecule has 1 saturated heterocycles. The molecule has 3 atom stereocenters. The first-order valence-corrected chi connectivity index (χ1v) is 5.92. The fourth-order valence-corrected chi connectivity index (χ4v) is 3.13. The van der Waals surface area contributed by atoms with Crippen molar-refractivity contribution in [3.63, 3.8) is 0 Å². The molecule has 2 rings (SSSR count). The summed E-state index contributed by atoms with van der Waals surface area (Å²) in [5, 5.41) is 19.2. The summed E-state index contributed by atoms with van der Waals surface area (Å²) in [4.78, 5) is 13.7. The Balaban J connectivity index is 2.53. The first kappa shape index (κ1) is 12.3. The Morgan fingerprint density at radius 1 is 1.76 bits per heavy atom. The quantitative estimate of drug-likeness (QED) is 0.626. The van der Waals surface area contributed by atoms with Gasteiger partial charge in [0, 0.05) is 11.9 Å². The normalized spacial score (nSPS) is 32.9. The average Bonchev–Trinajstić information content (AvgIpc) is 2.58. The van der Waals surface area contributed by atoms with Crippen molar-refractivity contribution in [2.45, 2.75) is 17.1 Å². The monoisotopic (exact) mass is 261 g/mol. The Morgan fingerprint density at radius 3 is 2.94 bits per heavy atom. The standard InChI is InChI=1S/C9H12FN3O3S/c10-5-3-17-9(4-14,7(5)15)13-2-1-6(11)12-8(13)16/h1-2,5,7,14-15H,3-4H2,(H2,11,12,16)/t5-,7-,9+/m0/s1. The van der Waals surface area contributed by atoms with Gasteiger partial charge in [-0.2, -0.15) is 4.98 Å². The zero-order chi connectivity index (χ0) is 12.6. The van der Waals surface area contributed by atoms with Gasteiger partial charge in [-0.25, -0.2) is 9.18 Å². The average molecular weight is 261 g/mol. The van der Waals surface area contributed by atoms with Crippen molar-refractivity contribution < 1.29 is 14.6 Å². The number of hydrogen-bond donors (Lipinski definition) is 3. The molecule has 0 radical (unpaired) electrons. The van der Waals surface area contributed by atoms with Crippen molar-refractivity contribution in [3.8, 4) is 0 Å². The van der Waals surface area contributed by atoms with Crippen molar-refractivity contribution in [1.82, 2.24) is 9.55 Å². The number of aromatic nitrogens is 2. The minimum atomic E-state index is -1.49. The van der Waals surface area contributed by atoms with Crippen LogP contribution in [0.1, 0.15) is 0 Å². The SMILES string of the molecule is Nc1ccn([C@]2(CO)SC[C@H](F)[C@@H]2O)c(=O)n1. The number of nitrogens with zero attached hydrogens (tertiary/aromatic N) is 2. The third-order valence-corrected chi connectivity index (χ3v) is 4.31. The van der Waals surface area contributed by atoms with Gasteiger partial charge in [0.1, 0.15) is 23.0 Å². The Labute approximate surface area is 100 Å². The second-order valence-electron chi connectivity index (χ2n) is 3.78. The van der Waals surface area contributed by atoms with Crippen molar-refractivity contribution in [2.75, 3.05) is 18.1 Å². The van der Waals surface area contributed by atoms with Gasteiger partial charge in [-0.15, -0.1) is 11.8 Å². The van der Waals surface area contributed by atoms with E-state index in [-0.39, 0.29) is 11.6 Å². The third kappa shape index (κ3) is 1.81. The molecule has 8 heteroatoms. The minimum absolute atomic E-state index is 0.0124. The molecular weight excluding hydrogens is 249 g/mol. The molecule has 1 aliphatic rings. The lowest BCUT2D eigenvalue weighted by Gasteiger charge is -2.31. The summed E-state index contributed by atoms with van der Waals surface area (Å²) in [7, 11) is 0. The molecule has 0 amide bonds. The largest absolute Gasteiger partial charge is 0.393 e. The second kappa shape index (κ2) is 4.28. The molecule has 4 N–H and O–H groups in total. The van der Waals surface area contributed by atoms with E-state index in [1.165, 1.54) is 12.3 Å². The fourth-order valence-electron chi connectivity index (χ4n) is 1.81. The van der Waals surface area contributed by atoms with Crippen LogP contribution in [-0.2, 0) is 4.87 Å². The van der Waals surface area contributed by atoms with Crippen LogP contribution in [0.2, 0.25) is 0 Å². The first-order chi connectivity index (χ1) is 8.01. The smallest absolute Gasteiger partial charge is 0.350 e. The number of aliphatic hydroxyl groups is 2. The molecule has 0 spiro atoms. The van der Waals surface area contributed by atoms with Crippen LogP contribution in [-0.4, -0.2) is 44.4 Å². The summed E-state index contributed by atoms with van der Waals surface area (Å²) >= 11 is 0.986. The Bertz CT molecular complexity index is 483. The summed E-state index contributed by atoms with van der Waals surface area (Å²) in [6, 6.07) is 1.36. The van der Waals surface area contributed by atoms with Gasteiger partial charge in [-0.05, 0) is 6.07 Å². The lowest BCUT2D eigenvalue weighted by molar-refractivity contribution is 0.0121. The molecular formula is C9H12FN3O3S. The van der Waals surface area contributed by atoms with Crippen LogP contribution in [0.3, 0.4) is 0 Å². The molecule has 1 aromatic rings. The number of nitrogens with two attached hydrogens (primary N) is 1. The van der Waals surface area contributed by atoms with Crippen LogP contribution in [0.25, 0.3) is 0 Å². The molecule has 1 fully saturated rings. The Hall–Kier alpha value is -1.12. The number of hydrogen-bond acceptors (Lipinski definition) is 6. The number of alkyl halides is 1. The van der Waals surface area contributed by atoms with E-state index >= 15 is 0 Å². The molecule has 0 unspecified atom stereocenters.